The highest BCUT2D eigenvalue weighted by atomic mass is 16.4. The zero-order valence-electron chi connectivity index (χ0n) is 6.61. The van der Waals surface area contributed by atoms with Crippen molar-refractivity contribution in [2.45, 2.75) is 0 Å². The van der Waals surface area contributed by atoms with Crippen molar-refractivity contribution in [3.8, 4) is 11.4 Å². The Bertz CT molecular complexity index is 549. The van der Waals surface area contributed by atoms with Gasteiger partial charge in [0.1, 0.15) is 5.69 Å². The minimum Gasteiger partial charge on any atom is -0.477 e. The van der Waals surface area contributed by atoms with E-state index in [0.717, 1.165) is 16.8 Å². The fraction of sp³-hybridized carbons (Fsp3) is 0. The van der Waals surface area contributed by atoms with Crippen LogP contribution in [0.15, 0.2) is 24.5 Å². The first-order valence-electron chi connectivity index (χ1n) is 3.91. The van der Waals surface area contributed by atoms with E-state index in [-0.39, 0.29) is 0 Å². The quantitative estimate of drug-likeness (QED) is 0.587. The van der Waals surface area contributed by atoms with E-state index in [4.69, 9.17) is 5.11 Å². The van der Waals surface area contributed by atoms with Crippen LogP contribution in [-0.2, 0) is 0 Å². The van der Waals surface area contributed by atoms with Crippen molar-refractivity contribution in [3.05, 3.63) is 30.2 Å². The summed E-state index contributed by atoms with van der Waals surface area (Å²) in [7, 11) is 0. The van der Waals surface area contributed by atoms with Gasteiger partial charge < -0.3 is 14.5 Å². The highest BCUT2D eigenvalue weighted by Gasteiger charge is 2.21. The molecule has 0 aromatic carbocycles. The fourth-order valence-corrected chi connectivity index (χ4v) is 1.71. The molecule has 2 aliphatic rings. The highest BCUT2D eigenvalue weighted by Crippen LogP contribution is 2.32. The van der Waals surface area contributed by atoms with E-state index in [1.807, 2.05) is 12.3 Å². The van der Waals surface area contributed by atoms with Gasteiger partial charge in [-0.2, -0.15) is 0 Å². The number of carboxylic acids is 1. The van der Waals surface area contributed by atoms with Gasteiger partial charge in [0, 0.05) is 17.8 Å². The van der Waals surface area contributed by atoms with E-state index >= 15 is 0 Å². The van der Waals surface area contributed by atoms with Gasteiger partial charge in [-0.25, -0.2) is 4.79 Å². The maximum atomic E-state index is 10.8. The molecule has 0 unspecified atom stereocenters. The van der Waals surface area contributed by atoms with Crippen LogP contribution in [0.2, 0.25) is 0 Å². The van der Waals surface area contributed by atoms with Crippen LogP contribution in [0.5, 0.6) is 0 Å². The zero-order chi connectivity index (χ0) is 9.00. The number of hydrogen-bond donors (Lipinski definition) is 2. The summed E-state index contributed by atoms with van der Waals surface area (Å²) in [5.74, 6) is -0.891. The second-order valence-electron chi connectivity index (χ2n) is 3.03. The van der Waals surface area contributed by atoms with E-state index in [0.29, 0.717) is 5.69 Å². The number of rotatable bonds is 1. The molecule has 0 saturated heterocycles. The number of aromatic carboxylic acids is 1. The first-order valence-corrected chi connectivity index (χ1v) is 3.91. The largest absolute Gasteiger partial charge is 0.477 e. The summed E-state index contributed by atoms with van der Waals surface area (Å²) in [5.41, 5.74) is 2.28. The summed E-state index contributed by atoms with van der Waals surface area (Å²) < 4.78 is 1.68. The average molecular weight is 174 g/mol. The number of hydrogen-bond acceptors (Lipinski definition) is 1. The Balaban J connectivity index is 2.48. The molecule has 0 spiro atoms. The normalized spacial score (nSPS) is 11.7. The van der Waals surface area contributed by atoms with E-state index in [9.17, 15) is 4.79 Å². The number of pyridine rings is 1. The monoisotopic (exact) mass is 174 g/mol. The van der Waals surface area contributed by atoms with Gasteiger partial charge in [0.2, 0.25) is 0 Å². The number of aromatic amines is 1. The Morgan fingerprint density at radius 2 is 2.38 bits per heavy atom. The number of nitrogens with one attached hydrogen (secondary N) is 1. The lowest BCUT2D eigenvalue weighted by Gasteiger charge is -2.12. The van der Waals surface area contributed by atoms with Crippen LogP contribution < -0.4 is 0 Å². The highest BCUT2D eigenvalue weighted by molar-refractivity contribution is 5.95. The molecule has 0 bridgehead atoms. The lowest BCUT2D eigenvalue weighted by atomic mass is 10.2. The molecule has 4 nitrogen and oxygen atoms in total. The van der Waals surface area contributed by atoms with Gasteiger partial charge in [-0.05, 0) is 12.1 Å². The third-order valence-electron chi connectivity index (χ3n) is 2.30. The van der Waals surface area contributed by atoms with E-state index in [1.54, 1.807) is 16.7 Å². The van der Waals surface area contributed by atoms with Crippen molar-refractivity contribution in [1.29, 1.82) is 0 Å². The summed E-state index contributed by atoms with van der Waals surface area (Å²) in [6, 6.07) is 3.55. The maximum Gasteiger partial charge on any atom is 0.352 e. The Morgan fingerprint density at radius 3 is 3.08 bits per heavy atom. The van der Waals surface area contributed by atoms with Crippen LogP contribution in [0.1, 0.15) is 10.5 Å². The predicted octanol–water partition coefficient (Wildman–Crippen LogP) is 1.51. The molecule has 0 radical (unpaired) electrons. The van der Waals surface area contributed by atoms with Crippen LogP contribution in [0.4, 0.5) is 0 Å². The average Bonchev–Trinajstić information content (AvgIpc) is 2.38. The van der Waals surface area contributed by atoms with E-state index in [2.05, 4.69) is 4.98 Å². The summed E-state index contributed by atoms with van der Waals surface area (Å²) in [6.07, 6.45) is 3.59. The molecule has 1 aromatic heterocycles. The van der Waals surface area contributed by atoms with Crippen molar-refractivity contribution in [3.63, 3.8) is 0 Å². The number of aromatic nitrogens is 2. The second-order valence-corrected chi connectivity index (χ2v) is 3.03. The molecule has 2 aliphatic heterocycles. The van der Waals surface area contributed by atoms with Crippen molar-refractivity contribution in [2.24, 2.45) is 0 Å². The lowest BCUT2D eigenvalue weighted by Crippen LogP contribution is -2.07. The lowest BCUT2D eigenvalue weighted by molar-refractivity contribution is 0.0689. The number of carboxylic acid groups (broad SMARTS) is 1. The molecule has 13 heavy (non-hydrogen) atoms. The minimum atomic E-state index is -0.891. The molecule has 0 fully saturated rings. The Labute approximate surface area is 73.1 Å². The Hall–Kier alpha value is -1.97. The molecular weight excluding hydrogens is 168 g/mol. The van der Waals surface area contributed by atoms with Crippen LogP contribution in [-0.4, -0.2) is 20.5 Å². The number of nitrogens with zero attached hydrogens (tertiary/aromatic N) is 1. The number of carbonyl (C=O) groups is 1. The van der Waals surface area contributed by atoms with E-state index < -0.39 is 5.97 Å². The summed E-state index contributed by atoms with van der Waals surface area (Å²) in [5, 5.41) is 9.81. The maximum absolute atomic E-state index is 10.8. The van der Waals surface area contributed by atoms with E-state index in [1.165, 1.54) is 0 Å². The van der Waals surface area contributed by atoms with Crippen molar-refractivity contribution >= 4 is 11.4 Å². The van der Waals surface area contributed by atoms with Gasteiger partial charge in [0.15, 0.2) is 0 Å². The predicted molar refractivity (Wildman–Crippen MR) is 46.5 cm³/mol. The zero-order valence-corrected chi connectivity index (χ0v) is 6.61. The summed E-state index contributed by atoms with van der Waals surface area (Å²) in [6.45, 7) is 0. The molecule has 1 aromatic rings. The molecule has 0 amide bonds. The van der Waals surface area contributed by atoms with Gasteiger partial charge >= 0.3 is 5.97 Å². The van der Waals surface area contributed by atoms with Crippen LogP contribution in [0.25, 0.3) is 16.8 Å². The molecule has 64 valence electrons. The molecule has 3 heterocycles. The summed E-state index contributed by atoms with van der Waals surface area (Å²) in [4.78, 5) is 13.8. The van der Waals surface area contributed by atoms with Gasteiger partial charge in [0.05, 0.1) is 11.4 Å². The molecule has 0 saturated carbocycles. The molecule has 0 aliphatic carbocycles. The third-order valence-corrected chi connectivity index (χ3v) is 2.30. The van der Waals surface area contributed by atoms with Crippen LogP contribution in [0.3, 0.4) is 0 Å². The molecule has 2 N–H and O–H groups in total. The van der Waals surface area contributed by atoms with Gasteiger partial charge in [-0.1, -0.05) is 0 Å². The van der Waals surface area contributed by atoms with Crippen LogP contribution >= 0.6 is 0 Å². The second kappa shape index (κ2) is 1.85. The minimum absolute atomic E-state index is 0.321. The van der Waals surface area contributed by atoms with Gasteiger partial charge in [0.25, 0.3) is 0 Å². The van der Waals surface area contributed by atoms with Crippen LogP contribution in [0, 0.1) is 0 Å². The van der Waals surface area contributed by atoms with Gasteiger partial charge in [-0.15, -0.1) is 0 Å². The molecule has 3 rings (SSSR count). The Kier molecular flexibility index (Phi) is 0.930. The molecule has 0 atom stereocenters. The third kappa shape index (κ3) is 0.630. The Morgan fingerprint density at radius 1 is 1.54 bits per heavy atom. The summed E-state index contributed by atoms with van der Waals surface area (Å²) >= 11 is 0. The van der Waals surface area contributed by atoms with Crippen molar-refractivity contribution < 1.29 is 9.90 Å². The molecular formula is C9H6N2O2. The van der Waals surface area contributed by atoms with Crippen molar-refractivity contribution in [1.82, 2.24) is 9.38 Å². The smallest absolute Gasteiger partial charge is 0.352 e. The first-order chi connectivity index (χ1) is 6.27. The first kappa shape index (κ1) is 6.54. The fourth-order valence-electron chi connectivity index (χ4n) is 1.71. The topological polar surface area (TPSA) is 57.5 Å². The SMILES string of the molecule is O=C(O)c1cc2cc[nH]c3cn1c2-3. The van der Waals surface area contributed by atoms with Gasteiger partial charge in [-0.3, -0.25) is 0 Å². The standard InChI is InChI=1S/C9H6N2O2/c12-9(13)7-3-5-1-2-10-6-4-11(7)8(5)6/h1-4,10H,(H,12,13). The van der Waals surface area contributed by atoms with Crippen molar-refractivity contribution in [2.75, 3.05) is 0 Å². The molecule has 4 heteroatoms. The number of H-pyrrole nitrogens is 1.